The summed E-state index contributed by atoms with van der Waals surface area (Å²) >= 11 is 6.22. The van der Waals surface area contributed by atoms with E-state index in [1.54, 1.807) is 7.11 Å². The second kappa shape index (κ2) is 11.2. The predicted octanol–water partition coefficient (Wildman–Crippen LogP) is 6.78. The van der Waals surface area contributed by atoms with Crippen molar-refractivity contribution in [2.45, 2.75) is 84.4 Å². The van der Waals surface area contributed by atoms with Crippen molar-refractivity contribution in [1.82, 2.24) is 4.90 Å². The van der Waals surface area contributed by atoms with E-state index in [4.69, 9.17) is 21.1 Å². The summed E-state index contributed by atoms with van der Waals surface area (Å²) in [7, 11) is 1.63. The summed E-state index contributed by atoms with van der Waals surface area (Å²) in [6.45, 7) is 8.17. The first-order valence-electron chi connectivity index (χ1n) is 13.1. The Balaban J connectivity index is 1.70. The van der Waals surface area contributed by atoms with Crippen LogP contribution in [0.5, 0.6) is 11.5 Å². The molecular weight excluding hydrogens is 474 g/mol. The zero-order valence-electron chi connectivity index (χ0n) is 22.1. The summed E-state index contributed by atoms with van der Waals surface area (Å²) in [5.74, 6) is 2.30. The van der Waals surface area contributed by atoms with E-state index in [1.165, 1.54) is 0 Å². The zero-order valence-corrected chi connectivity index (χ0v) is 22.8. The van der Waals surface area contributed by atoms with E-state index in [2.05, 4.69) is 18.7 Å². The van der Waals surface area contributed by atoms with Crippen LogP contribution in [-0.2, 0) is 16.0 Å². The fourth-order valence-electron chi connectivity index (χ4n) is 5.72. The van der Waals surface area contributed by atoms with Crippen LogP contribution in [0.4, 0.5) is 0 Å². The molecule has 5 nitrogen and oxygen atoms in total. The number of halogens is 1. The molecule has 1 fully saturated rings. The van der Waals surface area contributed by atoms with Crippen molar-refractivity contribution in [3.05, 3.63) is 58.1 Å². The van der Waals surface area contributed by atoms with Gasteiger partial charge in [0.15, 0.2) is 11.5 Å². The maximum Gasteiger partial charge on any atom is 0.228 e. The minimum atomic E-state index is -0.244. The lowest BCUT2D eigenvalue weighted by Gasteiger charge is -2.45. The van der Waals surface area contributed by atoms with Gasteiger partial charge < -0.3 is 14.4 Å². The molecule has 1 atom stereocenters. The van der Waals surface area contributed by atoms with Gasteiger partial charge in [0.25, 0.3) is 0 Å². The lowest BCUT2D eigenvalue weighted by molar-refractivity contribution is -0.137. The molecule has 2 aromatic rings. The quantitative estimate of drug-likeness (QED) is 0.391. The molecule has 4 rings (SSSR count). The number of methoxy groups -OCH3 is 1. The van der Waals surface area contributed by atoms with Gasteiger partial charge in [0.1, 0.15) is 5.78 Å². The van der Waals surface area contributed by atoms with Gasteiger partial charge in [-0.2, -0.15) is 0 Å². The number of Topliss-reactive ketones (excluding diaryl/α,β-unsaturated/α-hetero) is 1. The van der Waals surface area contributed by atoms with E-state index < -0.39 is 0 Å². The molecule has 0 saturated heterocycles. The maximum atomic E-state index is 13.7. The van der Waals surface area contributed by atoms with E-state index in [1.807, 2.05) is 50.2 Å². The van der Waals surface area contributed by atoms with Gasteiger partial charge in [0, 0.05) is 23.4 Å². The van der Waals surface area contributed by atoms with Crippen molar-refractivity contribution in [3.8, 4) is 11.5 Å². The van der Waals surface area contributed by atoms with Crippen LogP contribution in [-0.4, -0.2) is 35.8 Å². The predicted molar refractivity (Wildman–Crippen MR) is 143 cm³/mol. The average Bonchev–Trinajstić information content (AvgIpc) is 2.83. The minimum Gasteiger partial charge on any atom is -0.493 e. The summed E-state index contributed by atoms with van der Waals surface area (Å²) in [6, 6.07) is 11.6. The van der Waals surface area contributed by atoms with Crippen LogP contribution >= 0.6 is 11.6 Å². The molecule has 0 spiro atoms. The molecule has 1 heterocycles. The van der Waals surface area contributed by atoms with Crippen molar-refractivity contribution in [2.24, 2.45) is 11.8 Å². The SMILES string of the molecule is COc1cc2c(cc1OC(C)C)C(c1ccc(Cl)cc1)N([C@H]1CC[C@H](C(=O)CC(C)C)CC1)C(=O)C2. The minimum absolute atomic E-state index is 0.00842. The summed E-state index contributed by atoms with van der Waals surface area (Å²) in [5.41, 5.74) is 3.05. The summed E-state index contributed by atoms with van der Waals surface area (Å²) in [6.07, 6.45) is 4.31. The normalized spacial score (nSPS) is 22.1. The van der Waals surface area contributed by atoms with Crippen LogP contribution in [0.2, 0.25) is 5.02 Å². The number of rotatable bonds is 8. The number of hydrogen-bond acceptors (Lipinski definition) is 4. The second-order valence-corrected chi connectivity index (χ2v) is 11.3. The number of nitrogens with zero attached hydrogens (tertiary/aromatic N) is 1. The molecule has 0 aromatic heterocycles. The van der Waals surface area contributed by atoms with Crippen molar-refractivity contribution in [3.63, 3.8) is 0 Å². The highest BCUT2D eigenvalue weighted by Crippen LogP contribution is 2.45. The highest BCUT2D eigenvalue weighted by atomic mass is 35.5. The Morgan fingerprint density at radius 2 is 1.69 bits per heavy atom. The number of ketones is 1. The highest BCUT2D eigenvalue weighted by molar-refractivity contribution is 6.30. The Morgan fingerprint density at radius 1 is 1.03 bits per heavy atom. The largest absolute Gasteiger partial charge is 0.493 e. The lowest BCUT2D eigenvalue weighted by atomic mass is 9.78. The van der Waals surface area contributed by atoms with Crippen LogP contribution in [0.3, 0.4) is 0 Å². The summed E-state index contributed by atoms with van der Waals surface area (Å²) in [5, 5.41) is 0.662. The standard InChI is InChI=1S/C30H38ClNO4/c1-18(2)14-26(33)20-8-12-24(13-9-20)32-29(34)16-22-15-27(35-5)28(36-19(3)4)17-25(22)30(32)21-6-10-23(31)11-7-21/h6-7,10-11,15,17-20,24,30H,8-9,12-14,16H2,1-5H3/t20-,24-,30?. The number of fused-ring (bicyclic) bond motifs is 1. The van der Waals surface area contributed by atoms with Crippen LogP contribution < -0.4 is 9.47 Å². The van der Waals surface area contributed by atoms with E-state index in [0.29, 0.717) is 41.1 Å². The topological polar surface area (TPSA) is 55.8 Å². The Labute approximate surface area is 220 Å². The van der Waals surface area contributed by atoms with Crippen molar-refractivity contribution in [2.75, 3.05) is 7.11 Å². The van der Waals surface area contributed by atoms with Gasteiger partial charge in [0.2, 0.25) is 5.91 Å². The molecule has 1 unspecified atom stereocenters. The maximum absolute atomic E-state index is 13.7. The molecule has 2 aliphatic rings. The molecule has 0 bridgehead atoms. The molecule has 194 valence electrons. The van der Waals surface area contributed by atoms with Crippen LogP contribution in [0.1, 0.15) is 82.5 Å². The molecule has 0 radical (unpaired) electrons. The molecule has 1 aliphatic heterocycles. The Hall–Kier alpha value is -2.53. The van der Waals surface area contributed by atoms with Gasteiger partial charge >= 0.3 is 0 Å². The summed E-state index contributed by atoms with van der Waals surface area (Å²) < 4.78 is 11.7. The van der Waals surface area contributed by atoms with Crippen molar-refractivity contribution >= 4 is 23.3 Å². The lowest BCUT2D eigenvalue weighted by Crippen LogP contribution is -2.48. The number of hydrogen-bond donors (Lipinski definition) is 0. The monoisotopic (exact) mass is 511 g/mol. The smallest absolute Gasteiger partial charge is 0.228 e. The van der Waals surface area contributed by atoms with Crippen molar-refractivity contribution in [1.29, 1.82) is 0 Å². The fraction of sp³-hybridized carbons (Fsp3) is 0.533. The van der Waals surface area contributed by atoms with Crippen LogP contribution in [0.25, 0.3) is 0 Å². The molecule has 36 heavy (non-hydrogen) atoms. The number of carbonyl (C=O) groups excluding carboxylic acids is 2. The van der Waals surface area contributed by atoms with E-state index in [0.717, 1.165) is 42.4 Å². The third-order valence-corrected chi connectivity index (χ3v) is 7.58. The van der Waals surface area contributed by atoms with Gasteiger partial charge in [-0.15, -0.1) is 0 Å². The highest BCUT2D eigenvalue weighted by Gasteiger charge is 2.40. The van der Waals surface area contributed by atoms with Crippen molar-refractivity contribution < 1.29 is 19.1 Å². The second-order valence-electron chi connectivity index (χ2n) is 10.9. The van der Waals surface area contributed by atoms with E-state index in [-0.39, 0.29) is 30.0 Å². The summed E-state index contributed by atoms with van der Waals surface area (Å²) in [4.78, 5) is 28.5. The number of amides is 1. The molecule has 1 aliphatic carbocycles. The first-order chi connectivity index (χ1) is 17.2. The third-order valence-electron chi connectivity index (χ3n) is 7.33. The Kier molecular flexibility index (Phi) is 8.29. The fourth-order valence-corrected chi connectivity index (χ4v) is 5.85. The van der Waals surface area contributed by atoms with Gasteiger partial charge in [-0.3, -0.25) is 9.59 Å². The Morgan fingerprint density at radius 3 is 2.28 bits per heavy atom. The third kappa shape index (κ3) is 5.72. The van der Waals surface area contributed by atoms with Crippen LogP contribution in [0.15, 0.2) is 36.4 Å². The molecule has 0 N–H and O–H groups in total. The Bertz CT molecular complexity index is 1090. The molecule has 2 aromatic carbocycles. The molecule has 6 heteroatoms. The van der Waals surface area contributed by atoms with E-state index >= 15 is 0 Å². The van der Waals surface area contributed by atoms with E-state index in [9.17, 15) is 9.59 Å². The first-order valence-corrected chi connectivity index (χ1v) is 13.5. The molecular formula is C30H38ClNO4. The van der Waals surface area contributed by atoms with Gasteiger partial charge in [-0.1, -0.05) is 37.6 Å². The zero-order chi connectivity index (χ0) is 26.0. The van der Waals surface area contributed by atoms with Crippen LogP contribution in [0, 0.1) is 11.8 Å². The number of carbonyl (C=O) groups is 2. The first kappa shape index (κ1) is 26.5. The van der Waals surface area contributed by atoms with Gasteiger partial charge in [-0.05, 0) is 86.4 Å². The van der Waals surface area contributed by atoms with Gasteiger partial charge in [-0.25, -0.2) is 0 Å². The molecule has 1 amide bonds. The average molecular weight is 512 g/mol. The van der Waals surface area contributed by atoms with Gasteiger partial charge in [0.05, 0.1) is 25.7 Å². The number of benzene rings is 2. The number of ether oxygens (including phenoxy) is 2. The molecule has 1 saturated carbocycles.